The first-order valence-corrected chi connectivity index (χ1v) is 4.39. The van der Waals surface area contributed by atoms with E-state index in [0.717, 1.165) is 0 Å². The van der Waals surface area contributed by atoms with Gasteiger partial charge in [-0.1, -0.05) is 0 Å². The molecule has 0 radical (unpaired) electrons. The number of hydrogen-bond acceptors (Lipinski definition) is 4. The first-order chi connectivity index (χ1) is 7.04. The molecule has 0 amide bonds. The number of benzene rings is 1. The zero-order valence-corrected chi connectivity index (χ0v) is 8.30. The van der Waals surface area contributed by atoms with Crippen LogP contribution in [-0.2, 0) is 4.79 Å². The number of methoxy groups -OCH3 is 1. The van der Waals surface area contributed by atoms with Crippen LogP contribution in [0.5, 0.6) is 11.5 Å². The van der Waals surface area contributed by atoms with Crippen LogP contribution in [-0.4, -0.2) is 23.3 Å². The number of phenolic OH excluding ortho intramolecular Hbond substituents is 1. The van der Waals surface area contributed by atoms with E-state index in [2.05, 4.69) is 0 Å². The van der Waals surface area contributed by atoms with Crippen molar-refractivity contribution in [3.63, 3.8) is 0 Å². The molecule has 0 spiro atoms. The lowest BCUT2D eigenvalue weighted by Gasteiger charge is -2.14. The largest absolute Gasteiger partial charge is 0.508 e. The fourth-order valence-corrected chi connectivity index (χ4v) is 1.31. The number of carboxylic acids is 1. The molecule has 4 N–H and O–H groups in total. The summed E-state index contributed by atoms with van der Waals surface area (Å²) in [5.41, 5.74) is 6.16. The quantitative estimate of drug-likeness (QED) is 0.687. The molecule has 15 heavy (non-hydrogen) atoms. The molecule has 82 valence electrons. The van der Waals surface area contributed by atoms with Crippen molar-refractivity contribution >= 4 is 5.97 Å². The second kappa shape index (κ2) is 4.65. The van der Waals surface area contributed by atoms with Crippen LogP contribution in [0.2, 0.25) is 0 Å². The molecule has 0 aliphatic carbocycles. The van der Waals surface area contributed by atoms with Crippen LogP contribution in [0.15, 0.2) is 18.2 Å². The van der Waals surface area contributed by atoms with Crippen molar-refractivity contribution in [2.24, 2.45) is 5.73 Å². The van der Waals surface area contributed by atoms with Gasteiger partial charge in [0, 0.05) is 11.6 Å². The molecule has 0 saturated carbocycles. The van der Waals surface area contributed by atoms with Crippen LogP contribution < -0.4 is 10.5 Å². The number of phenols is 1. The summed E-state index contributed by atoms with van der Waals surface area (Å²) in [4.78, 5) is 10.5. The van der Waals surface area contributed by atoms with Gasteiger partial charge in [0.25, 0.3) is 0 Å². The number of aromatic hydroxyl groups is 1. The highest BCUT2D eigenvalue weighted by Gasteiger charge is 2.15. The highest BCUT2D eigenvalue weighted by atomic mass is 16.5. The molecule has 1 unspecified atom stereocenters. The number of rotatable bonds is 4. The molecule has 0 heterocycles. The normalized spacial score (nSPS) is 12.1. The van der Waals surface area contributed by atoms with E-state index in [-0.39, 0.29) is 12.2 Å². The van der Waals surface area contributed by atoms with Crippen molar-refractivity contribution in [3.8, 4) is 11.5 Å². The molecule has 0 bridgehead atoms. The zero-order chi connectivity index (χ0) is 11.4. The first kappa shape index (κ1) is 11.3. The molecule has 5 nitrogen and oxygen atoms in total. The number of hydrogen-bond donors (Lipinski definition) is 3. The Labute approximate surface area is 87.1 Å². The van der Waals surface area contributed by atoms with Gasteiger partial charge < -0.3 is 20.7 Å². The fourth-order valence-electron chi connectivity index (χ4n) is 1.31. The lowest BCUT2D eigenvalue weighted by molar-refractivity contribution is -0.137. The standard InChI is InChI=1S/C10H13NO4/c1-15-9-3-2-6(12)4-7(9)8(11)5-10(13)14/h2-4,8,12H,5,11H2,1H3,(H,13,14). The summed E-state index contributed by atoms with van der Waals surface area (Å²) in [6, 6.07) is 3.72. The van der Waals surface area contributed by atoms with Crippen molar-refractivity contribution in [2.75, 3.05) is 7.11 Å². The molecule has 0 aromatic heterocycles. The van der Waals surface area contributed by atoms with Crippen molar-refractivity contribution in [1.29, 1.82) is 0 Å². The van der Waals surface area contributed by atoms with E-state index in [0.29, 0.717) is 11.3 Å². The average molecular weight is 211 g/mol. The Morgan fingerprint density at radius 3 is 2.80 bits per heavy atom. The molecule has 1 aromatic rings. The molecule has 0 aliphatic heterocycles. The van der Waals surface area contributed by atoms with Gasteiger partial charge in [-0.15, -0.1) is 0 Å². The van der Waals surface area contributed by atoms with Crippen LogP contribution in [0.4, 0.5) is 0 Å². The van der Waals surface area contributed by atoms with E-state index in [1.165, 1.54) is 19.2 Å². The highest BCUT2D eigenvalue weighted by Crippen LogP contribution is 2.29. The van der Waals surface area contributed by atoms with E-state index in [4.69, 9.17) is 15.6 Å². The van der Waals surface area contributed by atoms with Crippen molar-refractivity contribution in [3.05, 3.63) is 23.8 Å². The highest BCUT2D eigenvalue weighted by molar-refractivity contribution is 5.68. The maximum Gasteiger partial charge on any atom is 0.305 e. The molecular weight excluding hydrogens is 198 g/mol. The van der Waals surface area contributed by atoms with E-state index >= 15 is 0 Å². The van der Waals surface area contributed by atoms with Gasteiger partial charge in [-0.2, -0.15) is 0 Å². The summed E-state index contributed by atoms with van der Waals surface area (Å²) in [5, 5.41) is 17.9. The van der Waals surface area contributed by atoms with Gasteiger partial charge in [0.2, 0.25) is 0 Å². The predicted octanol–water partition coefficient (Wildman–Crippen LogP) is 0.875. The second-order valence-electron chi connectivity index (χ2n) is 3.13. The minimum absolute atomic E-state index is 0.0339. The third-order valence-electron chi connectivity index (χ3n) is 2.01. The third kappa shape index (κ3) is 2.85. The van der Waals surface area contributed by atoms with E-state index in [1.54, 1.807) is 6.07 Å². The number of aliphatic carboxylic acids is 1. The minimum Gasteiger partial charge on any atom is -0.508 e. The molecule has 1 rings (SSSR count). The van der Waals surface area contributed by atoms with Crippen molar-refractivity contribution in [2.45, 2.75) is 12.5 Å². The molecule has 5 heteroatoms. The Bertz CT molecular complexity index is 364. The molecular formula is C10H13NO4. The molecule has 0 fully saturated rings. The Kier molecular flexibility index (Phi) is 3.51. The van der Waals surface area contributed by atoms with Gasteiger partial charge >= 0.3 is 5.97 Å². The first-order valence-electron chi connectivity index (χ1n) is 4.39. The topological polar surface area (TPSA) is 92.8 Å². The summed E-state index contributed by atoms with van der Waals surface area (Å²) in [6.07, 6.45) is -0.209. The van der Waals surface area contributed by atoms with Gasteiger partial charge in [0.1, 0.15) is 11.5 Å². The predicted molar refractivity (Wildman–Crippen MR) is 53.8 cm³/mol. The van der Waals surface area contributed by atoms with Gasteiger partial charge in [-0.05, 0) is 18.2 Å². The Balaban J connectivity index is 2.99. The lowest BCUT2D eigenvalue weighted by Crippen LogP contribution is -2.15. The van der Waals surface area contributed by atoms with Crippen LogP contribution in [0.3, 0.4) is 0 Å². The van der Waals surface area contributed by atoms with Gasteiger partial charge in [-0.3, -0.25) is 4.79 Å². The smallest absolute Gasteiger partial charge is 0.305 e. The average Bonchev–Trinajstić information content (AvgIpc) is 2.16. The number of nitrogens with two attached hydrogens (primary N) is 1. The second-order valence-corrected chi connectivity index (χ2v) is 3.13. The summed E-state index contributed by atoms with van der Waals surface area (Å²) < 4.78 is 5.02. The molecule has 0 saturated heterocycles. The number of ether oxygens (including phenoxy) is 1. The Morgan fingerprint density at radius 1 is 1.60 bits per heavy atom. The molecule has 1 atom stereocenters. The summed E-state index contributed by atoms with van der Waals surface area (Å²) in [7, 11) is 1.46. The Hall–Kier alpha value is -1.75. The van der Waals surface area contributed by atoms with Gasteiger partial charge in [-0.25, -0.2) is 0 Å². The van der Waals surface area contributed by atoms with Crippen LogP contribution in [0.25, 0.3) is 0 Å². The summed E-state index contributed by atoms with van der Waals surface area (Å²) in [5.74, 6) is -0.485. The van der Waals surface area contributed by atoms with E-state index in [1.807, 2.05) is 0 Å². The molecule has 1 aromatic carbocycles. The number of carboxylic acid groups (broad SMARTS) is 1. The minimum atomic E-state index is -0.993. The third-order valence-corrected chi connectivity index (χ3v) is 2.01. The maximum absolute atomic E-state index is 10.5. The fraction of sp³-hybridized carbons (Fsp3) is 0.300. The van der Waals surface area contributed by atoms with Crippen molar-refractivity contribution < 1.29 is 19.7 Å². The molecule has 0 aliphatic rings. The van der Waals surface area contributed by atoms with Gasteiger partial charge in [0.05, 0.1) is 13.5 Å². The zero-order valence-electron chi connectivity index (χ0n) is 8.30. The van der Waals surface area contributed by atoms with Crippen LogP contribution in [0.1, 0.15) is 18.0 Å². The summed E-state index contributed by atoms with van der Waals surface area (Å²) in [6.45, 7) is 0. The van der Waals surface area contributed by atoms with E-state index < -0.39 is 12.0 Å². The SMILES string of the molecule is COc1ccc(O)cc1C(N)CC(=O)O. The van der Waals surface area contributed by atoms with E-state index in [9.17, 15) is 9.90 Å². The van der Waals surface area contributed by atoms with Crippen molar-refractivity contribution in [1.82, 2.24) is 0 Å². The Morgan fingerprint density at radius 2 is 2.27 bits per heavy atom. The maximum atomic E-state index is 10.5. The van der Waals surface area contributed by atoms with Crippen LogP contribution in [0, 0.1) is 0 Å². The van der Waals surface area contributed by atoms with Gasteiger partial charge in [0.15, 0.2) is 0 Å². The lowest BCUT2D eigenvalue weighted by atomic mass is 10.0. The summed E-state index contributed by atoms with van der Waals surface area (Å²) >= 11 is 0. The number of carbonyl (C=O) groups is 1. The monoisotopic (exact) mass is 211 g/mol. The van der Waals surface area contributed by atoms with Crippen LogP contribution >= 0.6 is 0 Å².